The molecule has 0 unspecified atom stereocenters. The van der Waals surface area contributed by atoms with Crippen molar-refractivity contribution in [2.75, 3.05) is 32.7 Å². The molecule has 0 saturated carbocycles. The highest BCUT2D eigenvalue weighted by molar-refractivity contribution is 5.08. The van der Waals surface area contributed by atoms with Gasteiger partial charge in [-0.2, -0.15) is 5.10 Å². The maximum absolute atomic E-state index is 9.08. The molecule has 1 aromatic heterocycles. The van der Waals surface area contributed by atoms with Crippen LogP contribution in [0.25, 0.3) is 0 Å². The van der Waals surface area contributed by atoms with Gasteiger partial charge in [-0.25, -0.2) is 0 Å². The van der Waals surface area contributed by atoms with Crippen LogP contribution in [0.2, 0.25) is 0 Å². The number of nitrogens with zero attached hydrogens (tertiary/aromatic N) is 3. The molecule has 5 nitrogen and oxygen atoms in total. The molecule has 0 spiro atoms. The zero-order valence-corrected chi connectivity index (χ0v) is 8.19. The van der Waals surface area contributed by atoms with Crippen LogP contribution in [-0.2, 0) is 6.54 Å². The van der Waals surface area contributed by atoms with Gasteiger partial charge in [0, 0.05) is 32.7 Å². The van der Waals surface area contributed by atoms with E-state index in [1.807, 2.05) is 0 Å². The van der Waals surface area contributed by atoms with Gasteiger partial charge in [-0.15, -0.1) is 0 Å². The summed E-state index contributed by atoms with van der Waals surface area (Å²) in [6.07, 6.45) is 3.12. The van der Waals surface area contributed by atoms with Gasteiger partial charge in [0.2, 0.25) is 0 Å². The van der Waals surface area contributed by atoms with Crippen molar-refractivity contribution in [2.24, 2.45) is 0 Å². The van der Waals surface area contributed by atoms with E-state index in [1.165, 1.54) is 6.20 Å². The molecule has 1 aliphatic rings. The lowest BCUT2D eigenvalue weighted by Crippen LogP contribution is -2.44. The maximum atomic E-state index is 9.08. The fraction of sp³-hybridized carbons (Fsp3) is 0.667. The van der Waals surface area contributed by atoms with Gasteiger partial charge in [0.25, 0.3) is 0 Å². The fourth-order valence-electron chi connectivity index (χ4n) is 1.65. The Kier molecular flexibility index (Phi) is 3.00. The van der Waals surface area contributed by atoms with Gasteiger partial charge in [-0.1, -0.05) is 0 Å². The monoisotopic (exact) mass is 196 g/mol. The summed E-state index contributed by atoms with van der Waals surface area (Å²) in [5, 5.41) is 16.4. The Morgan fingerprint density at radius 3 is 2.79 bits per heavy atom. The molecule has 0 atom stereocenters. The number of aromatic nitrogens is 2. The second-order valence-electron chi connectivity index (χ2n) is 3.55. The predicted molar refractivity (Wildman–Crippen MR) is 53.2 cm³/mol. The molecule has 1 saturated heterocycles. The molecule has 0 bridgehead atoms. The van der Waals surface area contributed by atoms with Gasteiger partial charge >= 0.3 is 0 Å². The van der Waals surface area contributed by atoms with Crippen molar-refractivity contribution < 1.29 is 5.11 Å². The SMILES string of the molecule is Oc1cnn(CCN2CCNCC2)c1. The summed E-state index contributed by atoms with van der Waals surface area (Å²) < 4.78 is 1.78. The lowest BCUT2D eigenvalue weighted by molar-refractivity contribution is 0.229. The van der Waals surface area contributed by atoms with Crippen LogP contribution < -0.4 is 5.32 Å². The minimum atomic E-state index is 0.241. The highest BCUT2D eigenvalue weighted by atomic mass is 16.3. The lowest BCUT2D eigenvalue weighted by atomic mass is 10.3. The van der Waals surface area contributed by atoms with Crippen molar-refractivity contribution in [2.45, 2.75) is 6.54 Å². The Morgan fingerprint density at radius 2 is 2.14 bits per heavy atom. The molecule has 0 aliphatic carbocycles. The number of piperazine rings is 1. The van der Waals surface area contributed by atoms with Crippen molar-refractivity contribution in [1.82, 2.24) is 20.0 Å². The normalized spacial score (nSPS) is 18.6. The third-order valence-corrected chi connectivity index (χ3v) is 2.47. The summed E-state index contributed by atoms with van der Waals surface area (Å²) >= 11 is 0. The second kappa shape index (κ2) is 4.43. The first-order valence-corrected chi connectivity index (χ1v) is 4.99. The van der Waals surface area contributed by atoms with E-state index >= 15 is 0 Å². The Balaban J connectivity index is 1.76. The zero-order chi connectivity index (χ0) is 9.80. The van der Waals surface area contributed by atoms with Gasteiger partial charge in [0.1, 0.15) is 0 Å². The van der Waals surface area contributed by atoms with Crippen molar-refractivity contribution in [3.63, 3.8) is 0 Å². The van der Waals surface area contributed by atoms with Crippen molar-refractivity contribution >= 4 is 0 Å². The van der Waals surface area contributed by atoms with E-state index in [1.54, 1.807) is 10.9 Å². The van der Waals surface area contributed by atoms with Crippen LogP contribution in [0, 0.1) is 0 Å². The van der Waals surface area contributed by atoms with Crippen molar-refractivity contribution in [3.8, 4) is 5.75 Å². The minimum absolute atomic E-state index is 0.241. The minimum Gasteiger partial charge on any atom is -0.505 e. The molecular formula is C9H16N4O. The molecule has 2 rings (SSSR count). The maximum Gasteiger partial charge on any atom is 0.153 e. The van der Waals surface area contributed by atoms with Crippen LogP contribution in [0.15, 0.2) is 12.4 Å². The molecule has 1 aromatic rings. The summed E-state index contributed by atoms with van der Waals surface area (Å²) in [6, 6.07) is 0. The molecule has 0 amide bonds. The summed E-state index contributed by atoms with van der Waals surface area (Å²) in [5.74, 6) is 0.241. The highest BCUT2D eigenvalue weighted by Crippen LogP contribution is 2.04. The standard InChI is InChI=1S/C9H16N4O/c14-9-7-11-13(8-9)6-5-12-3-1-10-2-4-12/h7-8,10,14H,1-6H2. The van der Waals surface area contributed by atoms with Gasteiger partial charge < -0.3 is 10.4 Å². The molecule has 14 heavy (non-hydrogen) atoms. The van der Waals surface area contributed by atoms with Crippen molar-refractivity contribution in [1.29, 1.82) is 0 Å². The molecule has 5 heteroatoms. The first-order chi connectivity index (χ1) is 6.84. The van der Waals surface area contributed by atoms with Crippen LogP contribution in [0.4, 0.5) is 0 Å². The van der Waals surface area contributed by atoms with E-state index in [0.717, 1.165) is 39.3 Å². The predicted octanol–water partition coefficient (Wildman–Crippen LogP) is -0.506. The molecule has 78 valence electrons. The topological polar surface area (TPSA) is 53.3 Å². The van der Waals surface area contributed by atoms with Crippen LogP contribution in [0.1, 0.15) is 0 Å². The molecule has 0 radical (unpaired) electrons. The van der Waals surface area contributed by atoms with E-state index < -0.39 is 0 Å². The van der Waals surface area contributed by atoms with E-state index in [0.29, 0.717) is 0 Å². The van der Waals surface area contributed by atoms with Crippen LogP contribution >= 0.6 is 0 Å². The smallest absolute Gasteiger partial charge is 0.153 e. The van der Waals surface area contributed by atoms with Crippen LogP contribution in [0.5, 0.6) is 5.75 Å². The average Bonchev–Trinajstić information content (AvgIpc) is 2.63. The highest BCUT2D eigenvalue weighted by Gasteiger charge is 2.08. The molecule has 1 aliphatic heterocycles. The Bertz CT molecular complexity index is 280. The van der Waals surface area contributed by atoms with E-state index in [9.17, 15) is 0 Å². The Hall–Kier alpha value is -1.07. The zero-order valence-electron chi connectivity index (χ0n) is 8.19. The Labute approximate surface area is 83.3 Å². The summed E-state index contributed by atoms with van der Waals surface area (Å²) in [7, 11) is 0. The number of aromatic hydroxyl groups is 1. The number of rotatable bonds is 3. The first-order valence-electron chi connectivity index (χ1n) is 4.99. The lowest BCUT2D eigenvalue weighted by Gasteiger charge is -2.26. The molecular weight excluding hydrogens is 180 g/mol. The summed E-state index contributed by atoms with van der Waals surface area (Å²) in [4.78, 5) is 2.40. The number of hydrogen-bond acceptors (Lipinski definition) is 4. The Morgan fingerprint density at radius 1 is 1.36 bits per heavy atom. The average molecular weight is 196 g/mol. The molecule has 1 fully saturated rings. The second-order valence-corrected chi connectivity index (χ2v) is 3.55. The fourth-order valence-corrected chi connectivity index (χ4v) is 1.65. The van der Waals surface area contributed by atoms with Gasteiger partial charge in [0.05, 0.1) is 18.9 Å². The molecule has 2 heterocycles. The first kappa shape index (κ1) is 9.48. The van der Waals surface area contributed by atoms with Crippen molar-refractivity contribution in [3.05, 3.63) is 12.4 Å². The summed E-state index contributed by atoms with van der Waals surface area (Å²) in [5.41, 5.74) is 0. The largest absolute Gasteiger partial charge is 0.505 e. The van der Waals surface area contributed by atoms with Gasteiger partial charge in [-0.05, 0) is 0 Å². The quantitative estimate of drug-likeness (QED) is 0.684. The van der Waals surface area contributed by atoms with Gasteiger partial charge in [-0.3, -0.25) is 9.58 Å². The summed E-state index contributed by atoms with van der Waals surface area (Å²) in [6.45, 7) is 6.21. The molecule has 2 N–H and O–H groups in total. The van der Waals surface area contributed by atoms with E-state index in [2.05, 4.69) is 15.3 Å². The van der Waals surface area contributed by atoms with E-state index in [4.69, 9.17) is 5.11 Å². The van der Waals surface area contributed by atoms with Crippen LogP contribution in [-0.4, -0.2) is 52.5 Å². The third-order valence-electron chi connectivity index (χ3n) is 2.47. The van der Waals surface area contributed by atoms with E-state index in [-0.39, 0.29) is 5.75 Å². The third kappa shape index (κ3) is 2.46. The van der Waals surface area contributed by atoms with Gasteiger partial charge in [0.15, 0.2) is 5.75 Å². The van der Waals surface area contributed by atoms with Crippen LogP contribution in [0.3, 0.4) is 0 Å². The molecule has 0 aromatic carbocycles. The number of nitrogens with one attached hydrogen (secondary N) is 1. The number of hydrogen-bond donors (Lipinski definition) is 2.